The molecule has 128 valence electrons. The maximum absolute atomic E-state index is 13.7. The molecule has 2 aromatic rings. The summed E-state index contributed by atoms with van der Waals surface area (Å²) >= 11 is 0. The van der Waals surface area contributed by atoms with Gasteiger partial charge in [0.1, 0.15) is 5.82 Å². The average molecular weight is 350 g/mol. The van der Waals surface area contributed by atoms with Gasteiger partial charge in [-0.1, -0.05) is 17.7 Å². The van der Waals surface area contributed by atoms with Crippen LogP contribution in [0, 0.1) is 26.6 Å². The van der Waals surface area contributed by atoms with E-state index in [0.717, 1.165) is 11.6 Å². The van der Waals surface area contributed by atoms with Crippen molar-refractivity contribution >= 4 is 27.3 Å². The van der Waals surface area contributed by atoms with Gasteiger partial charge in [0.2, 0.25) is 5.91 Å². The number of benzene rings is 2. The molecule has 0 saturated heterocycles. The van der Waals surface area contributed by atoms with E-state index < -0.39 is 21.7 Å². The molecule has 0 spiro atoms. The van der Waals surface area contributed by atoms with Gasteiger partial charge < -0.3 is 5.32 Å². The number of sulfonamides is 1. The van der Waals surface area contributed by atoms with Gasteiger partial charge in [0, 0.05) is 6.92 Å². The Morgan fingerprint density at radius 2 is 1.62 bits per heavy atom. The predicted molar refractivity (Wildman–Crippen MR) is 92.2 cm³/mol. The quantitative estimate of drug-likeness (QED) is 0.886. The second-order valence-electron chi connectivity index (χ2n) is 5.71. The van der Waals surface area contributed by atoms with Crippen LogP contribution in [0.1, 0.15) is 23.6 Å². The number of rotatable bonds is 4. The second kappa shape index (κ2) is 6.60. The SMILES string of the molecule is CC(=O)Nc1cc(NS(=O)(=O)c2c(C)cc(C)cc2C)ccc1F. The number of nitrogens with one attached hydrogen (secondary N) is 2. The summed E-state index contributed by atoms with van der Waals surface area (Å²) in [7, 11) is -3.83. The van der Waals surface area contributed by atoms with Crippen molar-refractivity contribution in [3.63, 3.8) is 0 Å². The number of carbonyl (C=O) groups is 1. The Hall–Kier alpha value is -2.41. The highest BCUT2D eigenvalue weighted by Crippen LogP contribution is 2.26. The third kappa shape index (κ3) is 3.91. The van der Waals surface area contributed by atoms with Crippen LogP contribution in [0.4, 0.5) is 15.8 Å². The minimum atomic E-state index is -3.83. The Morgan fingerprint density at radius 1 is 1.04 bits per heavy atom. The summed E-state index contributed by atoms with van der Waals surface area (Å²) in [5.41, 5.74) is 2.31. The number of carbonyl (C=O) groups excluding carboxylic acids is 1. The molecule has 0 unspecified atom stereocenters. The van der Waals surface area contributed by atoms with Gasteiger partial charge in [-0.05, 0) is 50.1 Å². The Labute approximate surface area is 141 Å². The topological polar surface area (TPSA) is 75.3 Å². The summed E-state index contributed by atoms with van der Waals surface area (Å²) in [6.45, 7) is 6.59. The molecule has 0 radical (unpaired) electrons. The largest absolute Gasteiger partial charge is 0.324 e. The lowest BCUT2D eigenvalue weighted by Gasteiger charge is -2.14. The van der Waals surface area contributed by atoms with Crippen molar-refractivity contribution in [3.05, 3.63) is 52.8 Å². The van der Waals surface area contributed by atoms with Crippen LogP contribution in [-0.2, 0) is 14.8 Å². The van der Waals surface area contributed by atoms with Crippen LogP contribution in [0.15, 0.2) is 35.2 Å². The normalized spacial score (nSPS) is 11.2. The van der Waals surface area contributed by atoms with Gasteiger partial charge in [0.25, 0.3) is 10.0 Å². The standard InChI is InChI=1S/C17H19FN2O3S/c1-10-7-11(2)17(12(3)8-10)24(22,23)20-14-5-6-15(18)16(9-14)19-13(4)21/h5-9,20H,1-4H3,(H,19,21). The van der Waals surface area contributed by atoms with Crippen LogP contribution in [0.25, 0.3) is 0 Å². The van der Waals surface area contributed by atoms with Crippen LogP contribution in [0.3, 0.4) is 0 Å². The van der Waals surface area contributed by atoms with Gasteiger partial charge in [-0.15, -0.1) is 0 Å². The Bertz CT molecular complexity index is 885. The van der Waals surface area contributed by atoms with E-state index in [9.17, 15) is 17.6 Å². The minimum absolute atomic E-state index is 0.0833. The van der Waals surface area contributed by atoms with Crippen molar-refractivity contribution in [2.75, 3.05) is 10.0 Å². The van der Waals surface area contributed by atoms with Gasteiger partial charge >= 0.3 is 0 Å². The van der Waals surface area contributed by atoms with Gasteiger partial charge in [-0.25, -0.2) is 12.8 Å². The monoisotopic (exact) mass is 350 g/mol. The van der Waals surface area contributed by atoms with E-state index in [-0.39, 0.29) is 16.3 Å². The van der Waals surface area contributed by atoms with Crippen molar-refractivity contribution in [1.82, 2.24) is 0 Å². The molecule has 7 heteroatoms. The smallest absolute Gasteiger partial charge is 0.262 e. The lowest BCUT2D eigenvalue weighted by atomic mass is 10.1. The molecular formula is C17H19FN2O3S. The summed E-state index contributed by atoms with van der Waals surface area (Å²) < 4.78 is 41.5. The molecule has 0 saturated carbocycles. The number of anilines is 2. The van der Waals surface area contributed by atoms with Crippen LogP contribution in [0.2, 0.25) is 0 Å². The molecule has 2 rings (SSSR count). The minimum Gasteiger partial charge on any atom is -0.324 e. The summed E-state index contributed by atoms with van der Waals surface area (Å²) in [4.78, 5) is 11.3. The maximum atomic E-state index is 13.7. The van der Waals surface area contributed by atoms with Gasteiger partial charge in [-0.3, -0.25) is 9.52 Å². The third-order valence-electron chi connectivity index (χ3n) is 3.40. The van der Waals surface area contributed by atoms with Crippen molar-refractivity contribution in [2.24, 2.45) is 0 Å². The number of hydrogen-bond donors (Lipinski definition) is 2. The Morgan fingerprint density at radius 3 is 2.17 bits per heavy atom. The molecule has 1 amide bonds. The summed E-state index contributed by atoms with van der Waals surface area (Å²) in [5.74, 6) is -1.09. The molecule has 5 nitrogen and oxygen atoms in total. The zero-order valence-electron chi connectivity index (χ0n) is 13.9. The molecule has 0 aliphatic rings. The van der Waals surface area contributed by atoms with Gasteiger partial charge in [0.15, 0.2) is 0 Å². The summed E-state index contributed by atoms with van der Waals surface area (Å²) in [5, 5.41) is 2.32. The molecule has 0 aliphatic carbocycles. The van der Waals surface area contributed by atoms with Crippen LogP contribution in [-0.4, -0.2) is 14.3 Å². The van der Waals surface area contributed by atoms with Crippen LogP contribution < -0.4 is 10.0 Å². The first-order valence-electron chi connectivity index (χ1n) is 7.28. The maximum Gasteiger partial charge on any atom is 0.262 e. The van der Waals surface area contributed by atoms with Gasteiger partial charge in [-0.2, -0.15) is 0 Å². The van der Waals surface area contributed by atoms with E-state index in [1.54, 1.807) is 26.0 Å². The summed E-state index contributed by atoms with van der Waals surface area (Å²) in [6.07, 6.45) is 0. The highest BCUT2D eigenvalue weighted by atomic mass is 32.2. The zero-order chi connectivity index (χ0) is 18.1. The van der Waals surface area contributed by atoms with Crippen molar-refractivity contribution in [3.8, 4) is 0 Å². The molecule has 0 aromatic heterocycles. The first-order valence-corrected chi connectivity index (χ1v) is 8.76. The first-order chi connectivity index (χ1) is 11.1. The molecule has 0 bridgehead atoms. The number of amides is 1. The molecule has 2 N–H and O–H groups in total. The lowest BCUT2D eigenvalue weighted by Crippen LogP contribution is -2.16. The Kier molecular flexibility index (Phi) is 4.94. The van der Waals surface area contributed by atoms with Gasteiger partial charge in [0.05, 0.1) is 16.3 Å². The molecule has 24 heavy (non-hydrogen) atoms. The van der Waals surface area contributed by atoms with Crippen molar-refractivity contribution in [2.45, 2.75) is 32.6 Å². The van der Waals surface area contributed by atoms with Crippen LogP contribution in [0.5, 0.6) is 0 Å². The molecule has 0 aliphatic heterocycles. The molecule has 2 aromatic carbocycles. The van der Waals surface area contributed by atoms with E-state index in [0.29, 0.717) is 11.1 Å². The van der Waals surface area contributed by atoms with E-state index in [2.05, 4.69) is 10.0 Å². The fourth-order valence-corrected chi connectivity index (χ4v) is 4.18. The van der Waals surface area contributed by atoms with Crippen LogP contribution >= 0.6 is 0 Å². The van der Waals surface area contributed by atoms with E-state index in [4.69, 9.17) is 0 Å². The molecular weight excluding hydrogens is 331 g/mol. The predicted octanol–water partition coefficient (Wildman–Crippen LogP) is 3.51. The molecule has 0 heterocycles. The highest BCUT2D eigenvalue weighted by molar-refractivity contribution is 7.92. The van der Waals surface area contributed by atoms with E-state index >= 15 is 0 Å². The fraction of sp³-hybridized carbons (Fsp3) is 0.235. The molecule has 0 atom stereocenters. The summed E-state index contributed by atoms with van der Waals surface area (Å²) in [6, 6.07) is 7.21. The second-order valence-corrected chi connectivity index (χ2v) is 7.33. The van der Waals surface area contributed by atoms with Crippen molar-refractivity contribution in [1.29, 1.82) is 0 Å². The Balaban J connectivity index is 2.42. The third-order valence-corrected chi connectivity index (χ3v) is 5.09. The average Bonchev–Trinajstić information content (AvgIpc) is 2.40. The lowest BCUT2D eigenvalue weighted by molar-refractivity contribution is -0.114. The number of hydrogen-bond acceptors (Lipinski definition) is 3. The first kappa shape index (κ1) is 17.9. The van der Waals surface area contributed by atoms with E-state index in [1.165, 1.54) is 19.1 Å². The molecule has 0 fully saturated rings. The fourth-order valence-electron chi connectivity index (χ4n) is 2.67. The number of halogens is 1. The van der Waals surface area contributed by atoms with E-state index in [1.807, 2.05) is 6.92 Å². The highest BCUT2D eigenvalue weighted by Gasteiger charge is 2.20. The zero-order valence-corrected chi connectivity index (χ0v) is 14.7. The number of aryl methyl sites for hydroxylation is 3. The van der Waals surface area contributed by atoms with Crippen molar-refractivity contribution < 1.29 is 17.6 Å².